The molecule has 0 bridgehead atoms. The summed E-state index contributed by atoms with van der Waals surface area (Å²) >= 11 is 0. The van der Waals surface area contributed by atoms with Crippen LogP contribution in [0.4, 0.5) is 0 Å². The van der Waals surface area contributed by atoms with E-state index >= 15 is 0 Å². The van der Waals surface area contributed by atoms with Crippen LogP contribution in [0, 0.1) is 0 Å². The van der Waals surface area contributed by atoms with E-state index in [2.05, 4.69) is 5.32 Å². The van der Waals surface area contributed by atoms with Gasteiger partial charge in [-0.15, -0.1) is 0 Å². The Labute approximate surface area is 154 Å². The first-order valence-corrected chi connectivity index (χ1v) is 10.6. The second kappa shape index (κ2) is 7.91. The van der Waals surface area contributed by atoms with E-state index < -0.39 is 15.9 Å². The van der Waals surface area contributed by atoms with Crippen LogP contribution >= 0.6 is 0 Å². The number of carbonyl (C=O) groups excluding carboxylic acids is 1. The number of rotatable bonds is 5. The summed E-state index contributed by atoms with van der Waals surface area (Å²) in [6.07, 6.45) is 0.287. The molecule has 26 heavy (non-hydrogen) atoms. The topological polar surface area (TPSA) is 72.5 Å². The van der Waals surface area contributed by atoms with Crippen molar-refractivity contribution in [2.45, 2.75) is 31.9 Å². The number of hydrogen-bond acceptors (Lipinski definition) is 4. The van der Waals surface area contributed by atoms with Gasteiger partial charge in [-0.3, -0.25) is 4.79 Å². The highest BCUT2D eigenvalue weighted by Crippen LogP contribution is 2.22. The van der Waals surface area contributed by atoms with Crippen LogP contribution in [-0.2, 0) is 14.6 Å². The SMILES string of the molecule is CC(Oc1ccc(-c2ccccc2)cc1)C(=O)NC1CCS(=O)(=O)CC1. The van der Waals surface area contributed by atoms with E-state index in [0.717, 1.165) is 11.1 Å². The van der Waals surface area contributed by atoms with Gasteiger partial charge in [0.2, 0.25) is 0 Å². The van der Waals surface area contributed by atoms with Gasteiger partial charge in [0.1, 0.15) is 15.6 Å². The average molecular weight is 373 g/mol. The van der Waals surface area contributed by atoms with E-state index in [1.807, 2.05) is 54.6 Å². The monoisotopic (exact) mass is 373 g/mol. The lowest BCUT2D eigenvalue weighted by molar-refractivity contribution is -0.128. The standard InChI is InChI=1S/C20H23NO4S/c1-15(20(22)21-18-11-13-26(23,24)14-12-18)25-19-9-7-17(8-10-19)16-5-3-2-4-6-16/h2-10,15,18H,11-14H2,1H3,(H,21,22). The van der Waals surface area contributed by atoms with Gasteiger partial charge in [-0.05, 0) is 43.0 Å². The van der Waals surface area contributed by atoms with Crippen LogP contribution in [0.25, 0.3) is 11.1 Å². The summed E-state index contributed by atoms with van der Waals surface area (Å²) in [6.45, 7) is 1.69. The molecule has 6 heteroatoms. The van der Waals surface area contributed by atoms with Gasteiger partial charge >= 0.3 is 0 Å². The molecule has 138 valence electrons. The summed E-state index contributed by atoms with van der Waals surface area (Å²) in [5.74, 6) is 0.669. The minimum Gasteiger partial charge on any atom is -0.481 e. The van der Waals surface area contributed by atoms with Gasteiger partial charge in [0.15, 0.2) is 6.10 Å². The van der Waals surface area contributed by atoms with Crippen molar-refractivity contribution in [2.75, 3.05) is 11.5 Å². The molecule has 0 aromatic heterocycles. The first-order valence-electron chi connectivity index (χ1n) is 8.76. The molecule has 1 aliphatic rings. The Morgan fingerprint density at radius 1 is 1.00 bits per heavy atom. The zero-order chi connectivity index (χ0) is 18.6. The highest BCUT2D eigenvalue weighted by atomic mass is 32.2. The van der Waals surface area contributed by atoms with Crippen molar-refractivity contribution in [2.24, 2.45) is 0 Å². The van der Waals surface area contributed by atoms with Crippen LogP contribution in [0.5, 0.6) is 5.75 Å². The van der Waals surface area contributed by atoms with E-state index in [1.165, 1.54) is 0 Å². The Morgan fingerprint density at radius 3 is 2.19 bits per heavy atom. The minimum absolute atomic E-state index is 0.0995. The van der Waals surface area contributed by atoms with Crippen molar-refractivity contribution < 1.29 is 17.9 Å². The summed E-state index contributed by atoms with van der Waals surface area (Å²) in [5.41, 5.74) is 2.20. The molecule has 2 aromatic carbocycles. The first-order chi connectivity index (χ1) is 12.4. The number of hydrogen-bond donors (Lipinski definition) is 1. The normalized spacial score (nSPS) is 18.0. The number of ether oxygens (including phenoxy) is 1. The van der Waals surface area contributed by atoms with Gasteiger partial charge in [0.05, 0.1) is 11.5 Å². The summed E-state index contributed by atoms with van der Waals surface area (Å²) < 4.78 is 28.6. The summed E-state index contributed by atoms with van der Waals surface area (Å²) in [6, 6.07) is 17.5. The molecule has 0 spiro atoms. The Bertz CT molecular complexity index is 833. The number of nitrogens with one attached hydrogen (secondary N) is 1. The van der Waals surface area contributed by atoms with Crippen molar-refractivity contribution in [3.63, 3.8) is 0 Å². The third kappa shape index (κ3) is 4.85. The van der Waals surface area contributed by atoms with Crippen LogP contribution in [0.2, 0.25) is 0 Å². The average Bonchev–Trinajstić information content (AvgIpc) is 2.65. The molecule has 1 unspecified atom stereocenters. The third-order valence-corrected chi connectivity index (χ3v) is 6.26. The lowest BCUT2D eigenvalue weighted by Gasteiger charge is -2.24. The maximum Gasteiger partial charge on any atom is 0.260 e. The Morgan fingerprint density at radius 2 is 1.58 bits per heavy atom. The molecule has 1 amide bonds. The number of benzene rings is 2. The third-order valence-electron chi connectivity index (χ3n) is 4.54. The largest absolute Gasteiger partial charge is 0.481 e. The number of amides is 1. The highest BCUT2D eigenvalue weighted by Gasteiger charge is 2.26. The highest BCUT2D eigenvalue weighted by molar-refractivity contribution is 7.91. The van der Waals surface area contributed by atoms with Gasteiger partial charge in [-0.2, -0.15) is 0 Å². The van der Waals surface area contributed by atoms with Gasteiger partial charge in [0.25, 0.3) is 5.91 Å². The molecule has 1 atom stereocenters. The lowest BCUT2D eigenvalue weighted by Crippen LogP contribution is -2.45. The Hall–Kier alpha value is -2.34. The predicted molar refractivity (Wildman–Crippen MR) is 102 cm³/mol. The summed E-state index contributed by atoms with van der Waals surface area (Å²) in [5, 5.41) is 2.89. The van der Waals surface area contributed by atoms with Crippen LogP contribution < -0.4 is 10.1 Å². The molecule has 1 heterocycles. The maximum atomic E-state index is 12.3. The molecule has 2 aromatic rings. The fraction of sp³-hybridized carbons (Fsp3) is 0.350. The second-order valence-corrected chi connectivity index (χ2v) is 8.89. The van der Waals surface area contributed by atoms with Crippen molar-refractivity contribution in [1.29, 1.82) is 0 Å². The van der Waals surface area contributed by atoms with E-state index in [-0.39, 0.29) is 23.5 Å². The summed E-state index contributed by atoms with van der Waals surface area (Å²) in [7, 11) is -2.93. The Kier molecular flexibility index (Phi) is 5.61. The zero-order valence-corrected chi connectivity index (χ0v) is 15.5. The minimum atomic E-state index is -2.93. The fourth-order valence-electron chi connectivity index (χ4n) is 2.97. The van der Waals surface area contributed by atoms with Crippen LogP contribution in [0.1, 0.15) is 19.8 Å². The zero-order valence-electron chi connectivity index (χ0n) is 14.7. The van der Waals surface area contributed by atoms with Gasteiger partial charge in [-0.25, -0.2) is 8.42 Å². The second-order valence-electron chi connectivity index (χ2n) is 6.59. The molecular formula is C20H23NO4S. The lowest BCUT2D eigenvalue weighted by atomic mass is 10.1. The van der Waals surface area contributed by atoms with Crippen LogP contribution in [-0.4, -0.2) is 38.0 Å². The smallest absolute Gasteiger partial charge is 0.260 e. The molecule has 0 aliphatic carbocycles. The summed E-state index contributed by atoms with van der Waals surface area (Å²) in [4.78, 5) is 12.3. The predicted octanol–water partition coefficient (Wildman–Crippen LogP) is 2.81. The van der Waals surface area contributed by atoms with Crippen LogP contribution in [0.15, 0.2) is 54.6 Å². The molecule has 0 radical (unpaired) electrons. The molecule has 1 aliphatic heterocycles. The van der Waals surface area contributed by atoms with Gasteiger partial charge < -0.3 is 10.1 Å². The number of sulfone groups is 1. The first kappa shape index (κ1) is 18.5. The molecule has 0 saturated carbocycles. The fourth-order valence-corrected chi connectivity index (χ4v) is 4.46. The quantitative estimate of drug-likeness (QED) is 0.875. The molecule has 1 N–H and O–H groups in total. The van der Waals surface area contributed by atoms with Crippen molar-refractivity contribution in [1.82, 2.24) is 5.32 Å². The Balaban J connectivity index is 1.54. The molecule has 3 rings (SSSR count). The van der Waals surface area contributed by atoms with Crippen LogP contribution in [0.3, 0.4) is 0 Å². The molecule has 5 nitrogen and oxygen atoms in total. The number of carbonyl (C=O) groups is 1. The molecule has 1 fully saturated rings. The van der Waals surface area contributed by atoms with Crippen molar-refractivity contribution >= 4 is 15.7 Å². The van der Waals surface area contributed by atoms with Crippen molar-refractivity contribution in [3.8, 4) is 16.9 Å². The van der Waals surface area contributed by atoms with Gasteiger partial charge in [0, 0.05) is 6.04 Å². The van der Waals surface area contributed by atoms with Crippen molar-refractivity contribution in [3.05, 3.63) is 54.6 Å². The van der Waals surface area contributed by atoms with E-state index in [4.69, 9.17) is 4.74 Å². The molecule has 1 saturated heterocycles. The molecular weight excluding hydrogens is 350 g/mol. The maximum absolute atomic E-state index is 12.3. The van der Waals surface area contributed by atoms with E-state index in [9.17, 15) is 13.2 Å². The van der Waals surface area contributed by atoms with Gasteiger partial charge in [-0.1, -0.05) is 42.5 Å². The van der Waals surface area contributed by atoms with E-state index in [0.29, 0.717) is 18.6 Å². The van der Waals surface area contributed by atoms with E-state index in [1.54, 1.807) is 6.92 Å².